The van der Waals surface area contributed by atoms with Crippen LogP contribution in [0.2, 0.25) is 0 Å². The summed E-state index contributed by atoms with van der Waals surface area (Å²) in [6.07, 6.45) is 4.67. The van der Waals surface area contributed by atoms with Gasteiger partial charge in [-0.3, -0.25) is 9.59 Å². The first-order valence-corrected chi connectivity index (χ1v) is 8.61. The van der Waals surface area contributed by atoms with E-state index < -0.39 is 0 Å². The molecule has 1 aromatic carbocycles. The van der Waals surface area contributed by atoms with Crippen molar-refractivity contribution in [3.8, 4) is 11.5 Å². The molecule has 0 N–H and O–H groups in total. The zero-order chi connectivity index (χ0) is 16.9. The standard InChI is InChI=1S/C19H23NO4/c1-23-14-7-12-8-16-15-4-3-13(22)10-19(15,5-6-20(16)11-21)18(12)17(9-14)24-2/h7,9,11,15-16H,3-6,8,10H2,1-2H3. The van der Waals surface area contributed by atoms with E-state index in [4.69, 9.17) is 9.47 Å². The fraction of sp³-hybridized carbons (Fsp3) is 0.579. The Bertz CT molecular complexity index is 701. The Morgan fingerprint density at radius 3 is 2.83 bits per heavy atom. The molecule has 2 bridgehead atoms. The van der Waals surface area contributed by atoms with E-state index in [1.54, 1.807) is 14.2 Å². The normalized spacial score (nSPS) is 31.1. The summed E-state index contributed by atoms with van der Waals surface area (Å²) >= 11 is 0. The van der Waals surface area contributed by atoms with Gasteiger partial charge in [-0.2, -0.15) is 0 Å². The molecular weight excluding hydrogens is 306 g/mol. The summed E-state index contributed by atoms with van der Waals surface area (Å²) in [7, 11) is 3.33. The van der Waals surface area contributed by atoms with Crippen LogP contribution in [0, 0.1) is 5.92 Å². The minimum absolute atomic E-state index is 0.175. The Labute approximate surface area is 141 Å². The van der Waals surface area contributed by atoms with Gasteiger partial charge in [0.25, 0.3) is 0 Å². The number of methoxy groups -OCH3 is 2. The maximum absolute atomic E-state index is 12.3. The van der Waals surface area contributed by atoms with Crippen LogP contribution < -0.4 is 9.47 Å². The molecule has 3 unspecified atom stereocenters. The number of amides is 1. The van der Waals surface area contributed by atoms with E-state index in [2.05, 4.69) is 6.07 Å². The van der Waals surface area contributed by atoms with Crippen LogP contribution in [0.25, 0.3) is 0 Å². The average molecular weight is 329 g/mol. The van der Waals surface area contributed by atoms with Crippen LogP contribution in [-0.2, 0) is 21.4 Å². The molecule has 3 atom stereocenters. The third-order valence-corrected chi connectivity index (χ3v) is 6.34. The SMILES string of the molecule is COc1cc2c(c(OC)c1)C13CCN(C=O)C(C2)C1CCC(=O)C3. The summed E-state index contributed by atoms with van der Waals surface area (Å²) in [5.74, 6) is 2.25. The molecule has 1 amide bonds. The van der Waals surface area contributed by atoms with E-state index in [0.29, 0.717) is 31.1 Å². The van der Waals surface area contributed by atoms with Gasteiger partial charge in [0.1, 0.15) is 17.3 Å². The van der Waals surface area contributed by atoms with Crippen LogP contribution in [0.4, 0.5) is 0 Å². The number of benzene rings is 1. The Morgan fingerprint density at radius 2 is 2.12 bits per heavy atom. The topological polar surface area (TPSA) is 55.8 Å². The van der Waals surface area contributed by atoms with Crippen molar-refractivity contribution in [2.24, 2.45) is 5.92 Å². The van der Waals surface area contributed by atoms with Gasteiger partial charge in [0.05, 0.1) is 14.2 Å². The number of carbonyl (C=O) groups is 2. The number of Topliss-reactive ketones (excluding diaryl/α,β-unsaturated/α-hetero) is 1. The Morgan fingerprint density at radius 1 is 1.29 bits per heavy atom. The Balaban J connectivity index is 1.94. The lowest BCUT2D eigenvalue weighted by Gasteiger charge is -2.58. The monoisotopic (exact) mass is 329 g/mol. The van der Waals surface area contributed by atoms with E-state index in [1.807, 2.05) is 11.0 Å². The number of piperidine rings is 1. The van der Waals surface area contributed by atoms with Gasteiger partial charge in [-0.15, -0.1) is 0 Å². The number of ether oxygens (including phenoxy) is 2. The maximum atomic E-state index is 12.3. The van der Waals surface area contributed by atoms with Gasteiger partial charge in [0, 0.05) is 42.5 Å². The molecule has 5 heteroatoms. The largest absolute Gasteiger partial charge is 0.497 e. The van der Waals surface area contributed by atoms with Crippen molar-refractivity contribution < 1.29 is 19.1 Å². The number of hydrogen-bond donors (Lipinski definition) is 0. The lowest BCUT2D eigenvalue weighted by atomic mass is 9.52. The lowest BCUT2D eigenvalue weighted by molar-refractivity contribution is -0.132. The lowest BCUT2D eigenvalue weighted by Crippen LogP contribution is -2.61. The second-order valence-electron chi connectivity index (χ2n) is 7.25. The average Bonchev–Trinajstić information content (AvgIpc) is 2.60. The van der Waals surface area contributed by atoms with Crippen LogP contribution in [0.3, 0.4) is 0 Å². The molecule has 0 aromatic heterocycles. The van der Waals surface area contributed by atoms with Gasteiger partial charge >= 0.3 is 0 Å². The third-order valence-electron chi connectivity index (χ3n) is 6.34. The predicted molar refractivity (Wildman–Crippen MR) is 88.5 cm³/mol. The van der Waals surface area contributed by atoms with Crippen molar-refractivity contribution in [2.45, 2.75) is 43.6 Å². The molecule has 4 rings (SSSR count). The van der Waals surface area contributed by atoms with Crippen LogP contribution in [0.5, 0.6) is 11.5 Å². The quantitative estimate of drug-likeness (QED) is 0.797. The van der Waals surface area contributed by atoms with Gasteiger partial charge in [0.2, 0.25) is 6.41 Å². The second-order valence-corrected chi connectivity index (χ2v) is 7.25. The second kappa shape index (κ2) is 5.50. The van der Waals surface area contributed by atoms with E-state index in [9.17, 15) is 9.59 Å². The molecule has 1 saturated heterocycles. The van der Waals surface area contributed by atoms with E-state index >= 15 is 0 Å². The molecule has 1 aliphatic heterocycles. The Hall–Kier alpha value is -2.04. The van der Waals surface area contributed by atoms with Crippen LogP contribution in [0.1, 0.15) is 36.8 Å². The van der Waals surface area contributed by atoms with Gasteiger partial charge in [-0.05, 0) is 36.8 Å². The fourth-order valence-corrected chi connectivity index (χ4v) is 5.39. The first-order chi connectivity index (χ1) is 11.6. The van der Waals surface area contributed by atoms with Crippen molar-refractivity contribution in [2.75, 3.05) is 20.8 Å². The van der Waals surface area contributed by atoms with Crippen molar-refractivity contribution in [1.82, 2.24) is 4.90 Å². The van der Waals surface area contributed by atoms with Crippen molar-refractivity contribution >= 4 is 12.2 Å². The molecule has 5 nitrogen and oxygen atoms in total. The molecule has 2 fully saturated rings. The molecular formula is C19H23NO4. The molecule has 1 saturated carbocycles. The molecule has 3 aliphatic rings. The van der Waals surface area contributed by atoms with Crippen molar-refractivity contribution in [1.29, 1.82) is 0 Å². The zero-order valence-corrected chi connectivity index (χ0v) is 14.2. The summed E-state index contributed by atoms with van der Waals surface area (Å²) in [6, 6.07) is 4.15. The van der Waals surface area contributed by atoms with Gasteiger partial charge in [-0.1, -0.05) is 0 Å². The maximum Gasteiger partial charge on any atom is 0.209 e. The minimum Gasteiger partial charge on any atom is -0.497 e. The van der Waals surface area contributed by atoms with Crippen LogP contribution >= 0.6 is 0 Å². The summed E-state index contributed by atoms with van der Waals surface area (Å²) in [4.78, 5) is 25.9. The van der Waals surface area contributed by atoms with Crippen LogP contribution in [-0.4, -0.2) is 43.9 Å². The van der Waals surface area contributed by atoms with Gasteiger partial charge < -0.3 is 14.4 Å². The van der Waals surface area contributed by atoms with Gasteiger partial charge in [0.15, 0.2) is 0 Å². The highest BCUT2D eigenvalue weighted by molar-refractivity contribution is 5.82. The molecule has 0 spiro atoms. The number of likely N-dealkylation sites (tertiary alicyclic amines) is 1. The van der Waals surface area contributed by atoms with Crippen LogP contribution in [0.15, 0.2) is 12.1 Å². The summed E-state index contributed by atoms with van der Waals surface area (Å²) in [5.41, 5.74) is 2.16. The fourth-order valence-electron chi connectivity index (χ4n) is 5.39. The molecule has 24 heavy (non-hydrogen) atoms. The molecule has 128 valence electrons. The smallest absolute Gasteiger partial charge is 0.209 e. The Kier molecular flexibility index (Phi) is 3.55. The highest BCUT2D eigenvalue weighted by Gasteiger charge is 2.56. The summed E-state index contributed by atoms with van der Waals surface area (Å²) in [5, 5.41) is 0. The first-order valence-electron chi connectivity index (χ1n) is 8.61. The van der Waals surface area contributed by atoms with Crippen molar-refractivity contribution in [3.63, 3.8) is 0 Å². The van der Waals surface area contributed by atoms with E-state index in [-0.39, 0.29) is 11.5 Å². The third kappa shape index (κ3) is 2.00. The molecule has 1 aromatic rings. The zero-order valence-electron chi connectivity index (χ0n) is 14.2. The van der Waals surface area contributed by atoms with E-state index in [0.717, 1.165) is 42.7 Å². The number of carbonyl (C=O) groups excluding carboxylic acids is 2. The molecule has 2 aliphatic carbocycles. The number of nitrogens with zero attached hydrogens (tertiary/aromatic N) is 1. The highest BCUT2D eigenvalue weighted by Crippen LogP contribution is 2.57. The number of rotatable bonds is 3. The van der Waals surface area contributed by atoms with E-state index in [1.165, 1.54) is 5.56 Å². The minimum atomic E-state index is -0.190. The molecule has 0 radical (unpaired) electrons. The number of fused-ring (bicyclic) bond motifs is 1. The van der Waals surface area contributed by atoms with Gasteiger partial charge in [-0.25, -0.2) is 0 Å². The predicted octanol–water partition coefficient (Wildman–Crippen LogP) is 2.10. The summed E-state index contributed by atoms with van der Waals surface area (Å²) in [6.45, 7) is 0.715. The summed E-state index contributed by atoms with van der Waals surface area (Å²) < 4.78 is 11.1. The number of hydrogen-bond acceptors (Lipinski definition) is 4. The van der Waals surface area contributed by atoms with Crippen molar-refractivity contribution in [3.05, 3.63) is 23.3 Å². The molecule has 1 heterocycles. The highest BCUT2D eigenvalue weighted by atomic mass is 16.5. The number of ketones is 1. The first kappa shape index (κ1) is 15.5.